The minimum Gasteiger partial charge on any atom is -0.339 e. The molecule has 0 atom stereocenters. The second kappa shape index (κ2) is 11.3. The third-order valence-electron chi connectivity index (χ3n) is 3.64. The van der Waals surface area contributed by atoms with Gasteiger partial charge in [-0.3, -0.25) is 4.79 Å². The Hall–Kier alpha value is -1.28. The molecule has 3 heteroatoms. The smallest absolute Gasteiger partial charge is 0.246 e. The molecule has 0 aliphatic heterocycles. The molecule has 0 heterocycles. The first-order valence-corrected chi connectivity index (χ1v) is 8.77. The van der Waals surface area contributed by atoms with Gasteiger partial charge in [0.05, 0.1) is 0 Å². The standard InChI is InChI=1S/C19H28ClNO/c1-3-5-7-14-21(15-8-6-4-2)19(22)13-12-17-10-9-11-18(20)16-17/h9-13,16H,3-8,14-15H2,1-2H3/b13-12+. The average Bonchev–Trinajstić information content (AvgIpc) is 2.51. The zero-order valence-electron chi connectivity index (χ0n) is 13.9. The van der Waals surface area contributed by atoms with Crippen molar-refractivity contribution in [3.63, 3.8) is 0 Å². The van der Waals surface area contributed by atoms with Crippen LogP contribution in [0.3, 0.4) is 0 Å². The van der Waals surface area contributed by atoms with E-state index < -0.39 is 0 Å². The topological polar surface area (TPSA) is 20.3 Å². The van der Waals surface area contributed by atoms with E-state index in [1.807, 2.05) is 35.2 Å². The molecule has 2 nitrogen and oxygen atoms in total. The summed E-state index contributed by atoms with van der Waals surface area (Å²) in [6, 6.07) is 7.55. The van der Waals surface area contributed by atoms with E-state index in [2.05, 4.69) is 13.8 Å². The third kappa shape index (κ3) is 7.65. The molecule has 0 bridgehead atoms. The summed E-state index contributed by atoms with van der Waals surface area (Å²) >= 11 is 5.96. The van der Waals surface area contributed by atoms with Crippen molar-refractivity contribution in [1.82, 2.24) is 4.90 Å². The fourth-order valence-electron chi connectivity index (χ4n) is 2.32. The molecule has 0 aliphatic carbocycles. The molecule has 0 saturated heterocycles. The van der Waals surface area contributed by atoms with Gasteiger partial charge in [0.15, 0.2) is 0 Å². The summed E-state index contributed by atoms with van der Waals surface area (Å²) in [6.45, 7) is 6.08. The van der Waals surface area contributed by atoms with Gasteiger partial charge in [0.1, 0.15) is 0 Å². The van der Waals surface area contributed by atoms with Gasteiger partial charge in [-0.25, -0.2) is 0 Å². The molecule has 22 heavy (non-hydrogen) atoms. The molecule has 0 spiro atoms. The van der Waals surface area contributed by atoms with Gasteiger partial charge in [0.2, 0.25) is 5.91 Å². The number of unbranched alkanes of at least 4 members (excludes halogenated alkanes) is 4. The first-order chi connectivity index (χ1) is 10.7. The summed E-state index contributed by atoms with van der Waals surface area (Å²) in [5, 5.41) is 0.692. The van der Waals surface area contributed by atoms with Crippen molar-refractivity contribution < 1.29 is 4.79 Å². The number of amides is 1. The maximum atomic E-state index is 12.4. The zero-order valence-corrected chi connectivity index (χ0v) is 14.6. The highest BCUT2D eigenvalue weighted by Crippen LogP contribution is 2.12. The number of hydrogen-bond acceptors (Lipinski definition) is 1. The summed E-state index contributed by atoms with van der Waals surface area (Å²) in [5.41, 5.74) is 0.961. The van der Waals surface area contributed by atoms with Crippen LogP contribution in [-0.2, 0) is 4.79 Å². The van der Waals surface area contributed by atoms with Gasteiger partial charge in [0, 0.05) is 24.2 Å². The van der Waals surface area contributed by atoms with Crippen molar-refractivity contribution >= 4 is 23.6 Å². The lowest BCUT2D eigenvalue weighted by Crippen LogP contribution is -2.31. The van der Waals surface area contributed by atoms with Crippen molar-refractivity contribution in [2.24, 2.45) is 0 Å². The SMILES string of the molecule is CCCCCN(CCCCC)C(=O)/C=C/c1cccc(Cl)c1. The molecule has 0 saturated carbocycles. The summed E-state index contributed by atoms with van der Waals surface area (Å²) in [5.74, 6) is 0.104. The van der Waals surface area contributed by atoms with Crippen LogP contribution in [0.4, 0.5) is 0 Å². The lowest BCUT2D eigenvalue weighted by molar-refractivity contribution is -0.126. The average molecular weight is 322 g/mol. The largest absolute Gasteiger partial charge is 0.339 e. The van der Waals surface area contributed by atoms with Gasteiger partial charge in [-0.05, 0) is 36.6 Å². The molecule has 1 aromatic rings. The number of rotatable bonds is 10. The molecule has 1 aromatic carbocycles. The fraction of sp³-hybridized carbons (Fsp3) is 0.526. The number of carbonyl (C=O) groups is 1. The summed E-state index contributed by atoms with van der Waals surface area (Å²) in [6.07, 6.45) is 10.4. The number of hydrogen-bond donors (Lipinski definition) is 0. The van der Waals surface area contributed by atoms with E-state index >= 15 is 0 Å². The van der Waals surface area contributed by atoms with Gasteiger partial charge < -0.3 is 4.90 Å². The summed E-state index contributed by atoms with van der Waals surface area (Å²) in [4.78, 5) is 14.4. The van der Waals surface area contributed by atoms with Crippen molar-refractivity contribution in [3.05, 3.63) is 40.9 Å². The minimum atomic E-state index is 0.104. The Bertz CT molecular complexity index is 460. The van der Waals surface area contributed by atoms with Gasteiger partial charge in [0.25, 0.3) is 0 Å². The molecule has 0 unspecified atom stereocenters. The predicted octanol–water partition coefficient (Wildman–Crippen LogP) is 5.56. The second-order valence-corrected chi connectivity index (χ2v) is 6.06. The van der Waals surface area contributed by atoms with Crippen LogP contribution < -0.4 is 0 Å². The Balaban J connectivity index is 2.60. The van der Waals surface area contributed by atoms with Crippen molar-refractivity contribution in [1.29, 1.82) is 0 Å². The molecule has 0 radical (unpaired) electrons. The van der Waals surface area contributed by atoms with E-state index in [1.54, 1.807) is 6.08 Å². The lowest BCUT2D eigenvalue weighted by atomic mass is 10.2. The van der Waals surface area contributed by atoms with E-state index in [0.29, 0.717) is 5.02 Å². The molecule has 1 rings (SSSR count). The van der Waals surface area contributed by atoms with Crippen LogP contribution in [0.1, 0.15) is 57.9 Å². The van der Waals surface area contributed by atoms with Crippen LogP contribution >= 0.6 is 11.6 Å². The van der Waals surface area contributed by atoms with Gasteiger partial charge in [-0.1, -0.05) is 63.3 Å². The minimum absolute atomic E-state index is 0.104. The predicted molar refractivity (Wildman–Crippen MR) is 96.1 cm³/mol. The van der Waals surface area contributed by atoms with Gasteiger partial charge in [-0.2, -0.15) is 0 Å². The number of halogens is 1. The monoisotopic (exact) mass is 321 g/mol. The van der Waals surface area contributed by atoms with Crippen molar-refractivity contribution in [3.8, 4) is 0 Å². The van der Waals surface area contributed by atoms with Crippen LogP contribution in [0.25, 0.3) is 6.08 Å². The Labute approximate surface area is 140 Å². The Morgan fingerprint density at radius 3 is 2.27 bits per heavy atom. The van der Waals surface area contributed by atoms with E-state index in [0.717, 1.165) is 31.5 Å². The second-order valence-electron chi connectivity index (χ2n) is 5.63. The molecule has 0 aromatic heterocycles. The van der Waals surface area contributed by atoms with Crippen LogP contribution in [-0.4, -0.2) is 23.9 Å². The zero-order chi connectivity index (χ0) is 16.2. The van der Waals surface area contributed by atoms with Crippen molar-refractivity contribution in [2.45, 2.75) is 52.4 Å². The molecular formula is C19H28ClNO. The summed E-state index contributed by atoms with van der Waals surface area (Å²) < 4.78 is 0. The molecule has 0 N–H and O–H groups in total. The van der Waals surface area contributed by atoms with E-state index in [9.17, 15) is 4.79 Å². The molecule has 0 fully saturated rings. The third-order valence-corrected chi connectivity index (χ3v) is 3.88. The number of carbonyl (C=O) groups excluding carboxylic acids is 1. The maximum Gasteiger partial charge on any atom is 0.246 e. The fourth-order valence-corrected chi connectivity index (χ4v) is 2.52. The van der Waals surface area contributed by atoms with E-state index in [4.69, 9.17) is 11.6 Å². The number of nitrogens with zero attached hydrogens (tertiary/aromatic N) is 1. The Kier molecular flexibility index (Phi) is 9.65. The maximum absolute atomic E-state index is 12.4. The van der Waals surface area contributed by atoms with Crippen LogP contribution in [0.15, 0.2) is 30.3 Å². The molecular weight excluding hydrogens is 294 g/mol. The Morgan fingerprint density at radius 2 is 1.73 bits per heavy atom. The van der Waals surface area contributed by atoms with E-state index in [-0.39, 0.29) is 5.91 Å². The van der Waals surface area contributed by atoms with Gasteiger partial charge >= 0.3 is 0 Å². The van der Waals surface area contributed by atoms with Crippen molar-refractivity contribution in [2.75, 3.05) is 13.1 Å². The quantitative estimate of drug-likeness (QED) is 0.408. The Morgan fingerprint density at radius 1 is 1.09 bits per heavy atom. The lowest BCUT2D eigenvalue weighted by Gasteiger charge is -2.21. The summed E-state index contributed by atoms with van der Waals surface area (Å²) in [7, 11) is 0. The molecule has 122 valence electrons. The first-order valence-electron chi connectivity index (χ1n) is 8.40. The first kappa shape index (κ1) is 18.8. The highest BCUT2D eigenvalue weighted by Gasteiger charge is 2.09. The number of benzene rings is 1. The normalized spacial score (nSPS) is 11.0. The molecule has 0 aliphatic rings. The highest BCUT2D eigenvalue weighted by atomic mass is 35.5. The van der Waals surface area contributed by atoms with Crippen LogP contribution in [0.5, 0.6) is 0 Å². The van der Waals surface area contributed by atoms with Crippen LogP contribution in [0.2, 0.25) is 5.02 Å². The van der Waals surface area contributed by atoms with Gasteiger partial charge in [-0.15, -0.1) is 0 Å². The van der Waals surface area contributed by atoms with Crippen LogP contribution in [0, 0.1) is 0 Å². The van der Waals surface area contributed by atoms with E-state index in [1.165, 1.54) is 25.7 Å². The molecule has 1 amide bonds. The highest BCUT2D eigenvalue weighted by molar-refractivity contribution is 6.30.